The van der Waals surface area contributed by atoms with E-state index in [1.165, 1.54) is 11.8 Å². The summed E-state index contributed by atoms with van der Waals surface area (Å²) in [5, 5.41) is 8.63. The van der Waals surface area contributed by atoms with Crippen LogP contribution < -0.4 is 4.74 Å². The lowest BCUT2D eigenvalue weighted by Crippen LogP contribution is -2.06. The molecule has 0 radical (unpaired) electrons. The smallest absolute Gasteiger partial charge is 0.176 e. The Bertz CT molecular complexity index is 363. The van der Waals surface area contributed by atoms with Crippen molar-refractivity contribution in [1.29, 1.82) is 0 Å². The fourth-order valence-corrected chi connectivity index (χ4v) is 1.95. The zero-order valence-corrected chi connectivity index (χ0v) is 10.3. The summed E-state index contributed by atoms with van der Waals surface area (Å²) in [6.07, 6.45) is 0. The van der Waals surface area contributed by atoms with Gasteiger partial charge in [0.25, 0.3) is 0 Å². The van der Waals surface area contributed by atoms with Crippen LogP contribution in [0.2, 0.25) is 0 Å². The van der Waals surface area contributed by atoms with Crippen LogP contribution in [0.25, 0.3) is 0 Å². The molecule has 0 saturated carbocycles. The van der Waals surface area contributed by atoms with Crippen molar-refractivity contribution in [3.63, 3.8) is 0 Å². The molecule has 0 amide bonds. The molecule has 0 bridgehead atoms. The fourth-order valence-electron chi connectivity index (χ4n) is 1.34. The Labute approximate surface area is 99.8 Å². The number of carbonyl (C=O) groups excluding carboxylic acids is 1. The first-order valence-corrected chi connectivity index (χ1v) is 6.21. The Morgan fingerprint density at radius 3 is 2.88 bits per heavy atom. The first-order valence-electron chi connectivity index (χ1n) is 5.05. The van der Waals surface area contributed by atoms with Crippen molar-refractivity contribution in [2.45, 2.75) is 6.92 Å². The van der Waals surface area contributed by atoms with Crippen LogP contribution in [0.1, 0.15) is 15.9 Å². The van der Waals surface area contributed by atoms with Gasteiger partial charge in [0.15, 0.2) is 5.78 Å². The van der Waals surface area contributed by atoms with Crippen LogP contribution in [-0.2, 0) is 0 Å². The van der Waals surface area contributed by atoms with E-state index in [1.54, 1.807) is 13.2 Å². The van der Waals surface area contributed by atoms with Gasteiger partial charge in [-0.1, -0.05) is 6.07 Å². The summed E-state index contributed by atoms with van der Waals surface area (Å²) < 4.78 is 5.17. The van der Waals surface area contributed by atoms with E-state index in [9.17, 15) is 4.79 Å². The molecule has 1 rings (SSSR count). The average molecular weight is 240 g/mol. The molecule has 0 aromatic heterocycles. The summed E-state index contributed by atoms with van der Waals surface area (Å²) in [6.45, 7) is 2.06. The molecule has 0 aliphatic rings. The van der Waals surface area contributed by atoms with Crippen molar-refractivity contribution >= 4 is 17.5 Å². The van der Waals surface area contributed by atoms with Gasteiger partial charge < -0.3 is 9.84 Å². The van der Waals surface area contributed by atoms with Crippen molar-refractivity contribution in [3.8, 4) is 5.75 Å². The summed E-state index contributed by atoms with van der Waals surface area (Å²) in [6, 6.07) is 5.53. The van der Waals surface area contributed by atoms with Gasteiger partial charge >= 0.3 is 0 Å². The number of rotatable bonds is 6. The topological polar surface area (TPSA) is 46.5 Å². The van der Waals surface area contributed by atoms with Crippen molar-refractivity contribution in [3.05, 3.63) is 29.3 Å². The Hall–Kier alpha value is -1.00. The zero-order chi connectivity index (χ0) is 12.0. The second-order valence-corrected chi connectivity index (χ2v) is 4.51. The number of aliphatic hydroxyl groups is 1. The predicted molar refractivity (Wildman–Crippen MR) is 66.5 cm³/mol. The molecule has 0 fully saturated rings. The van der Waals surface area contributed by atoms with Crippen molar-refractivity contribution in [2.75, 3.05) is 25.2 Å². The van der Waals surface area contributed by atoms with Crippen molar-refractivity contribution in [2.24, 2.45) is 0 Å². The summed E-state index contributed by atoms with van der Waals surface area (Å²) in [5.41, 5.74) is 1.68. The third-order valence-electron chi connectivity index (χ3n) is 2.13. The standard InChI is InChI=1S/C12H16O3S/c1-9-3-4-10(12(7-9)15-2)11(14)8-16-6-5-13/h3-4,7,13H,5-6,8H2,1-2H3. The van der Waals surface area contributed by atoms with E-state index in [2.05, 4.69) is 0 Å². The molecule has 0 aliphatic carbocycles. The number of ketones is 1. The molecule has 1 aromatic carbocycles. The largest absolute Gasteiger partial charge is 0.496 e. The molecule has 0 atom stereocenters. The Morgan fingerprint density at radius 2 is 2.25 bits per heavy atom. The lowest BCUT2D eigenvalue weighted by Gasteiger charge is -2.08. The van der Waals surface area contributed by atoms with E-state index in [1.807, 2.05) is 19.1 Å². The molecule has 0 spiro atoms. The first-order chi connectivity index (χ1) is 7.69. The molecule has 0 saturated heterocycles. The van der Waals surface area contributed by atoms with Crippen LogP contribution in [0.3, 0.4) is 0 Å². The van der Waals surface area contributed by atoms with E-state index < -0.39 is 0 Å². The monoisotopic (exact) mass is 240 g/mol. The van der Waals surface area contributed by atoms with E-state index in [4.69, 9.17) is 9.84 Å². The SMILES string of the molecule is COc1cc(C)ccc1C(=O)CSCCO. The Morgan fingerprint density at radius 1 is 1.50 bits per heavy atom. The second-order valence-electron chi connectivity index (χ2n) is 3.40. The highest BCUT2D eigenvalue weighted by Gasteiger charge is 2.11. The third kappa shape index (κ3) is 3.54. The number of hydrogen-bond donors (Lipinski definition) is 1. The molecule has 0 heterocycles. The number of benzene rings is 1. The van der Waals surface area contributed by atoms with Gasteiger partial charge in [0.05, 0.1) is 25.0 Å². The lowest BCUT2D eigenvalue weighted by atomic mass is 10.1. The minimum Gasteiger partial charge on any atom is -0.496 e. The van der Waals surface area contributed by atoms with E-state index in [0.717, 1.165) is 5.56 Å². The molecule has 1 N–H and O–H groups in total. The minimum absolute atomic E-state index is 0.0373. The summed E-state index contributed by atoms with van der Waals surface area (Å²) in [7, 11) is 1.56. The van der Waals surface area contributed by atoms with Crippen LogP contribution in [0.15, 0.2) is 18.2 Å². The van der Waals surface area contributed by atoms with Gasteiger partial charge in [0.1, 0.15) is 5.75 Å². The normalized spacial score (nSPS) is 10.2. The maximum Gasteiger partial charge on any atom is 0.176 e. The number of ether oxygens (including phenoxy) is 1. The van der Waals surface area contributed by atoms with Gasteiger partial charge in [0, 0.05) is 5.75 Å². The highest BCUT2D eigenvalue weighted by atomic mass is 32.2. The van der Waals surface area contributed by atoms with Gasteiger partial charge in [-0.15, -0.1) is 0 Å². The van der Waals surface area contributed by atoms with Gasteiger partial charge in [0.2, 0.25) is 0 Å². The van der Waals surface area contributed by atoms with Gasteiger partial charge in [-0.3, -0.25) is 4.79 Å². The molecule has 3 nitrogen and oxygen atoms in total. The molecule has 1 aromatic rings. The lowest BCUT2D eigenvalue weighted by molar-refractivity contribution is 0.101. The molecule has 88 valence electrons. The van der Waals surface area contributed by atoms with Gasteiger partial charge in [-0.2, -0.15) is 11.8 Å². The van der Waals surface area contributed by atoms with Crippen molar-refractivity contribution in [1.82, 2.24) is 0 Å². The molecule has 16 heavy (non-hydrogen) atoms. The summed E-state index contributed by atoms with van der Waals surface area (Å²) in [5.74, 6) is 1.62. The third-order valence-corrected chi connectivity index (χ3v) is 3.06. The number of thioether (sulfide) groups is 1. The molecular formula is C12H16O3S. The fraction of sp³-hybridized carbons (Fsp3) is 0.417. The van der Waals surface area contributed by atoms with E-state index >= 15 is 0 Å². The van der Waals surface area contributed by atoms with Crippen LogP contribution in [-0.4, -0.2) is 36.1 Å². The predicted octanol–water partition coefficient (Wildman–Crippen LogP) is 1.91. The van der Waals surface area contributed by atoms with Crippen molar-refractivity contribution < 1.29 is 14.6 Å². The first kappa shape index (κ1) is 13.1. The minimum atomic E-state index is 0.0373. The Balaban J connectivity index is 2.74. The number of carbonyl (C=O) groups is 1. The highest BCUT2D eigenvalue weighted by Crippen LogP contribution is 2.21. The highest BCUT2D eigenvalue weighted by molar-refractivity contribution is 8.00. The second kappa shape index (κ2) is 6.55. The number of Topliss-reactive ketones (excluding diaryl/α,β-unsaturated/α-hetero) is 1. The Kier molecular flexibility index (Phi) is 5.35. The van der Waals surface area contributed by atoms with E-state index in [-0.39, 0.29) is 12.4 Å². The number of methoxy groups -OCH3 is 1. The van der Waals surface area contributed by atoms with Crippen LogP contribution in [0.4, 0.5) is 0 Å². The zero-order valence-electron chi connectivity index (χ0n) is 9.53. The molecule has 0 unspecified atom stereocenters. The number of aliphatic hydroxyl groups excluding tert-OH is 1. The number of hydrogen-bond acceptors (Lipinski definition) is 4. The van der Waals surface area contributed by atoms with Gasteiger partial charge in [-0.05, 0) is 24.6 Å². The molecular weight excluding hydrogens is 224 g/mol. The maximum atomic E-state index is 11.8. The molecule has 0 aliphatic heterocycles. The quantitative estimate of drug-likeness (QED) is 0.609. The summed E-state index contributed by atoms with van der Waals surface area (Å²) >= 11 is 1.42. The maximum absolute atomic E-state index is 11.8. The van der Waals surface area contributed by atoms with Gasteiger partial charge in [-0.25, -0.2) is 0 Å². The molecule has 4 heteroatoms. The average Bonchev–Trinajstić information content (AvgIpc) is 2.29. The summed E-state index contributed by atoms with van der Waals surface area (Å²) in [4.78, 5) is 11.8. The van der Waals surface area contributed by atoms with Crippen LogP contribution >= 0.6 is 11.8 Å². The van der Waals surface area contributed by atoms with Crippen LogP contribution in [0.5, 0.6) is 5.75 Å². The van der Waals surface area contributed by atoms with Crippen LogP contribution in [0, 0.1) is 6.92 Å². The number of aryl methyl sites for hydroxylation is 1. The van der Waals surface area contributed by atoms with E-state index in [0.29, 0.717) is 22.8 Å².